The van der Waals surface area contributed by atoms with E-state index in [4.69, 9.17) is 4.74 Å². The second-order valence-electron chi connectivity index (χ2n) is 5.60. The SMILES string of the molecule is CCC1SCCSC1C(NC)c1cc(C)c(OC)cc1C. The Morgan fingerprint density at radius 1 is 1.24 bits per heavy atom. The van der Waals surface area contributed by atoms with Gasteiger partial charge in [-0.2, -0.15) is 23.5 Å². The Labute approximate surface area is 137 Å². The maximum absolute atomic E-state index is 5.45. The summed E-state index contributed by atoms with van der Waals surface area (Å²) in [5.74, 6) is 3.54. The lowest BCUT2D eigenvalue weighted by molar-refractivity contribution is 0.410. The molecule has 0 spiro atoms. The van der Waals surface area contributed by atoms with E-state index in [-0.39, 0.29) is 0 Å². The quantitative estimate of drug-likeness (QED) is 0.875. The van der Waals surface area contributed by atoms with Crippen molar-refractivity contribution in [1.29, 1.82) is 0 Å². The van der Waals surface area contributed by atoms with Gasteiger partial charge in [0.05, 0.1) is 7.11 Å². The number of methoxy groups -OCH3 is 1. The predicted octanol–water partition coefficient (Wildman–Crippen LogP) is 4.20. The van der Waals surface area contributed by atoms with Crippen LogP contribution in [-0.4, -0.2) is 36.2 Å². The fourth-order valence-corrected chi connectivity index (χ4v) is 6.39. The van der Waals surface area contributed by atoms with Gasteiger partial charge in [0.1, 0.15) is 5.75 Å². The number of hydrogen-bond donors (Lipinski definition) is 1. The molecule has 1 aliphatic rings. The molecular weight excluding hydrogens is 298 g/mol. The highest BCUT2D eigenvalue weighted by Crippen LogP contribution is 2.41. The standard InChI is InChI=1S/C17H27NOS2/c1-6-15-17(21-8-7-20-15)16(18-4)13-9-12(3)14(19-5)10-11(13)2/h9-10,15-18H,6-8H2,1-5H3. The Balaban J connectivity index is 2.34. The van der Waals surface area contributed by atoms with Crippen LogP contribution in [0.3, 0.4) is 0 Å². The molecule has 1 aliphatic heterocycles. The van der Waals surface area contributed by atoms with Crippen molar-refractivity contribution in [2.24, 2.45) is 0 Å². The third-order valence-corrected chi connectivity index (χ3v) is 7.60. The van der Waals surface area contributed by atoms with Crippen LogP contribution in [0.15, 0.2) is 12.1 Å². The number of benzene rings is 1. The van der Waals surface area contributed by atoms with Crippen LogP contribution in [0.1, 0.15) is 36.1 Å². The van der Waals surface area contributed by atoms with Crippen molar-refractivity contribution >= 4 is 23.5 Å². The van der Waals surface area contributed by atoms with Gasteiger partial charge in [0.25, 0.3) is 0 Å². The fraction of sp³-hybridized carbons (Fsp3) is 0.647. The number of aryl methyl sites for hydroxylation is 2. The van der Waals surface area contributed by atoms with Crippen molar-refractivity contribution in [2.45, 2.75) is 43.7 Å². The molecule has 2 rings (SSSR count). The summed E-state index contributed by atoms with van der Waals surface area (Å²) in [5, 5.41) is 4.97. The third-order valence-electron chi connectivity index (χ3n) is 4.25. The molecule has 1 saturated heterocycles. The molecule has 1 fully saturated rings. The van der Waals surface area contributed by atoms with Gasteiger partial charge in [-0.05, 0) is 50.1 Å². The van der Waals surface area contributed by atoms with E-state index >= 15 is 0 Å². The molecule has 1 aromatic carbocycles. The van der Waals surface area contributed by atoms with Crippen molar-refractivity contribution in [3.05, 3.63) is 28.8 Å². The van der Waals surface area contributed by atoms with Crippen molar-refractivity contribution < 1.29 is 4.74 Å². The highest BCUT2D eigenvalue weighted by Gasteiger charge is 2.33. The van der Waals surface area contributed by atoms with Gasteiger partial charge in [0.2, 0.25) is 0 Å². The Morgan fingerprint density at radius 2 is 1.95 bits per heavy atom. The van der Waals surface area contributed by atoms with E-state index in [0.717, 1.165) is 11.0 Å². The summed E-state index contributed by atoms with van der Waals surface area (Å²) in [6.07, 6.45) is 1.24. The average Bonchev–Trinajstić information content (AvgIpc) is 2.51. The van der Waals surface area contributed by atoms with Gasteiger partial charge in [-0.1, -0.05) is 13.0 Å². The maximum Gasteiger partial charge on any atom is 0.122 e. The van der Waals surface area contributed by atoms with Crippen LogP contribution in [0.25, 0.3) is 0 Å². The molecule has 0 radical (unpaired) electrons. The summed E-state index contributed by atoms with van der Waals surface area (Å²) in [5.41, 5.74) is 3.97. The highest BCUT2D eigenvalue weighted by atomic mass is 32.2. The highest BCUT2D eigenvalue weighted by molar-refractivity contribution is 8.07. The van der Waals surface area contributed by atoms with Crippen LogP contribution in [-0.2, 0) is 0 Å². The van der Waals surface area contributed by atoms with Crippen molar-refractivity contribution in [1.82, 2.24) is 5.32 Å². The molecule has 0 amide bonds. The van der Waals surface area contributed by atoms with E-state index in [1.165, 1.54) is 34.6 Å². The Bertz CT molecular complexity index is 478. The third kappa shape index (κ3) is 3.72. The smallest absolute Gasteiger partial charge is 0.122 e. The molecule has 1 N–H and O–H groups in total. The number of rotatable bonds is 5. The van der Waals surface area contributed by atoms with Crippen molar-refractivity contribution in [2.75, 3.05) is 25.7 Å². The molecule has 2 nitrogen and oxygen atoms in total. The molecule has 3 unspecified atom stereocenters. The van der Waals surface area contributed by atoms with Crippen LogP contribution in [0.4, 0.5) is 0 Å². The Kier molecular flexibility index (Phi) is 6.33. The first kappa shape index (κ1) is 17.0. The van der Waals surface area contributed by atoms with E-state index in [1.54, 1.807) is 7.11 Å². The van der Waals surface area contributed by atoms with Gasteiger partial charge >= 0.3 is 0 Å². The monoisotopic (exact) mass is 325 g/mol. The Hall–Kier alpha value is -0.320. The van der Waals surface area contributed by atoms with Crippen LogP contribution in [0.2, 0.25) is 0 Å². The molecule has 1 heterocycles. The van der Waals surface area contributed by atoms with Crippen LogP contribution in [0.5, 0.6) is 5.75 Å². The van der Waals surface area contributed by atoms with E-state index < -0.39 is 0 Å². The maximum atomic E-state index is 5.45. The predicted molar refractivity (Wildman–Crippen MR) is 97.1 cm³/mol. The molecule has 4 heteroatoms. The number of hydrogen-bond acceptors (Lipinski definition) is 4. The lowest BCUT2D eigenvalue weighted by Gasteiger charge is -2.36. The first-order chi connectivity index (χ1) is 10.1. The van der Waals surface area contributed by atoms with E-state index in [9.17, 15) is 0 Å². The summed E-state index contributed by atoms with van der Waals surface area (Å²) < 4.78 is 5.45. The minimum Gasteiger partial charge on any atom is -0.496 e. The lowest BCUT2D eigenvalue weighted by Crippen LogP contribution is -2.37. The Morgan fingerprint density at radius 3 is 2.57 bits per heavy atom. The summed E-state index contributed by atoms with van der Waals surface area (Å²) in [6.45, 7) is 6.65. The van der Waals surface area contributed by atoms with Gasteiger partial charge in [0.15, 0.2) is 0 Å². The van der Waals surface area contributed by atoms with E-state index in [0.29, 0.717) is 11.3 Å². The zero-order valence-electron chi connectivity index (χ0n) is 13.7. The first-order valence-electron chi connectivity index (χ1n) is 7.68. The molecular formula is C17H27NOS2. The molecule has 0 saturated carbocycles. The van der Waals surface area contributed by atoms with E-state index in [2.05, 4.69) is 68.8 Å². The number of thioether (sulfide) groups is 2. The van der Waals surface area contributed by atoms with Gasteiger partial charge in [-0.15, -0.1) is 0 Å². The topological polar surface area (TPSA) is 21.3 Å². The normalized spacial score (nSPS) is 23.9. The molecule has 21 heavy (non-hydrogen) atoms. The fourth-order valence-electron chi connectivity index (χ4n) is 3.11. The summed E-state index contributed by atoms with van der Waals surface area (Å²) >= 11 is 4.28. The van der Waals surface area contributed by atoms with Gasteiger partial charge in [-0.3, -0.25) is 0 Å². The summed E-state index contributed by atoms with van der Waals surface area (Å²) in [4.78, 5) is 0. The molecule has 0 aromatic heterocycles. The second-order valence-corrected chi connectivity index (χ2v) is 8.23. The van der Waals surface area contributed by atoms with Crippen LogP contribution < -0.4 is 10.1 Å². The zero-order chi connectivity index (χ0) is 15.4. The van der Waals surface area contributed by atoms with Gasteiger partial charge in [-0.25, -0.2) is 0 Å². The zero-order valence-corrected chi connectivity index (χ0v) is 15.4. The van der Waals surface area contributed by atoms with Gasteiger partial charge in [0, 0.05) is 28.0 Å². The second kappa shape index (κ2) is 7.80. The molecule has 0 aliphatic carbocycles. The van der Waals surface area contributed by atoms with Gasteiger partial charge < -0.3 is 10.1 Å². The minimum atomic E-state index is 0.414. The molecule has 0 bridgehead atoms. The van der Waals surface area contributed by atoms with Crippen molar-refractivity contribution in [3.63, 3.8) is 0 Å². The largest absolute Gasteiger partial charge is 0.496 e. The summed E-state index contributed by atoms with van der Waals surface area (Å²) in [6, 6.07) is 4.90. The first-order valence-corrected chi connectivity index (χ1v) is 9.77. The summed E-state index contributed by atoms with van der Waals surface area (Å²) in [7, 11) is 3.84. The van der Waals surface area contributed by atoms with E-state index in [1.807, 2.05) is 0 Å². The van der Waals surface area contributed by atoms with Crippen LogP contribution in [0, 0.1) is 13.8 Å². The lowest BCUT2D eigenvalue weighted by atomic mass is 9.94. The van der Waals surface area contributed by atoms with Crippen LogP contribution >= 0.6 is 23.5 Å². The van der Waals surface area contributed by atoms with Crippen molar-refractivity contribution in [3.8, 4) is 5.75 Å². The minimum absolute atomic E-state index is 0.414. The molecule has 1 aromatic rings. The average molecular weight is 326 g/mol. The molecule has 118 valence electrons. The number of ether oxygens (including phenoxy) is 1. The number of nitrogens with one attached hydrogen (secondary N) is 1. The molecule has 3 atom stereocenters.